The Morgan fingerprint density at radius 2 is 2.00 bits per heavy atom. The number of rotatable bonds is 3. The number of halogens is 3. The summed E-state index contributed by atoms with van der Waals surface area (Å²) in [7, 11) is 0. The predicted octanol–water partition coefficient (Wildman–Crippen LogP) is 2.21. The Morgan fingerprint density at radius 3 is 2.44 bits per heavy atom. The molecular weight excluding hydrogens is 242 g/mol. The van der Waals surface area contributed by atoms with E-state index in [0.717, 1.165) is 12.1 Å². The molecular formula is C10H9ClF2O3. The first-order valence-corrected chi connectivity index (χ1v) is 4.84. The Labute approximate surface area is 95.6 Å². The van der Waals surface area contributed by atoms with Crippen molar-refractivity contribution in [3.8, 4) is 0 Å². The summed E-state index contributed by atoms with van der Waals surface area (Å²) in [5.41, 5.74) is -0.238. The second kappa shape index (κ2) is 5.23. The molecule has 0 aromatic heterocycles. The third-order valence-corrected chi connectivity index (χ3v) is 2.19. The van der Waals surface area contributed by atoms with Crippen molar-refractivity contribution < 1.29 is 23.4 Å². The monoisotopic (exact) mass is 250 g/mol. The van der Waals surface area contributed by atoms with E-state index < -0.39 is 28.7 Å². The molecule has 0 spiro atoms. The van der Waals surface area contributed by atoms with E-state index >= 15 is 0 Å². The molecule has 1 N–H and O–H groups in total. The molecule has 0 radical (unpaired) electrons. The maximum Gasteiger partial charge on any atom is 0.339 e. The van der Waals surface area contributed by atoms with Crippen molar-refractivity contribution in [2.45, 2.75) is 13.0 Å². The molecule has 0 bridgehead atoms. The maximum absolute atomic E-state index is 13.0. The predicted molar refractivity (Wildman–Crippen MR) is 53.0 cm³/mol. The van der Waals surface area contributed by atoms with Crippen LogP contribution in [0.15, 0.2) is 12.1 Å². The zero-order valence-corrected chi connectivity index (χ0v) is 9.09. The van der Waals surface area contributed by atoms with Crippen LogP contribution in [0.4, 0.5) is 8.78 Å². The van der Waals surface area contributed by atoms with Crippen LogP contribution in [0.3, 0.4) is 0 Å². The first-order chi connectivity index (χ1) is 7.47. The van der Waals surface area contributed by atoms with E-state index in [4.69, 9.17) is 11.6 Å². The third-order valence-electron chi connectivity index (χ3n) is 1.83. The number of esters is 1. The standard InChI is InChI=1S/C10H9ClF2O3/c1-2-16-10(15)9(14)5-3-6(12)8(11)7(13)4-5/h3-4,9,14H,2H2,1H3. The fourth-order valence-electron chi connectivity index (χ4n) is 1.09. The molecule has 0 heterocycles. The van der Waals surface area contributed by atoms with Gasteiger partial charge in [-0.05, 0) is 24.6 Å². The number of carbonyl (C=O) groups is 1. The molecule has 0 saturated heterocycles. The Morgan fingerprint density at radius 1 is 1.50 bits per heavy atom. The average molecular weight is 251 g/mol. The van der Waals surface area contributed by atoms with Gasteiger partial charge in [-0.2, -0.15) is 0 Å². The fourth-order valence-corrected chi connectivity index (χ4v) is 1.20. The quantitative estimate of drug-likeness (QED) is 0.661. The highest BCUT2D eigenvalue weighted by molar-refractivity contribution is 6.30. The van der Waals surface area contributed by atoms with Crippen LogP contribution in [0.5, 0.6) is 0 Å². The van der Waals surface area contributed by atoms with E-state index in [-0.39, 0.29) is 12.2 Å². The van der Waals surface area contributed by atoms with E-state index in [0.29, 0.717) is 0 Å². The van der Waals surface area contributed by atoms with Crippen LogP contribution in [-0.4, -0.2) is 17.7 Å². The van der Waals surface area contributed by atoms with Crippen LogP contribution in [0.1, 0.15) is 18.6 Å². The molecule has 0 fully saturated rings. The molecule has 0 aliphatic rings. The molecule has 88 valence electrons. The van der Waals surface area contributed by atoms with Crippen LogP contribution in [-0.2, 0) is 9.53 Å². The topological polar surface area (TPSA) is 46.5 Å². The molecule has 1 aromatic rings. The van der Waals surface area contributed by atoms with Crippen molar-refractivity contribution in [1.82, 2.24) is 0 Å². The van der Waals surface area contributed by atoms with Crippen LogP contribution >= 0.6 is 11.6 Å². The lowest BCUT2D eigenvalue weighted by Gasteiger charge is -2.10. The summed E-state index contributed by atoms with van der Waals surface area (Å²) in [5.74, 6) is -3.05. The van der Waals surface area contributed by atoms with E-state index in [1.54, 1.807) is 6.92 Å². The van der Waals surface area contributed by atoms with Crippen LogP contribution in [0.2, 0.25) is 5.02 Å². The summed E-state index contributed by atoms with van der Waals surface area (Å²) >= 11 is 5.25. The maximum atomic E-state index is 13.0. The van der Waals surface area contributed by atoms with Crippen molar-refractivity contribution >= 4 is 17.6 Å². The highest BCUT2D eigenvalue weighted by Gasteiger charge is 2.21. The normalized spacial score (nSPS) is 12.3. The second-order valence-electron chi connectivity index (χ2n) is 2.95. The molecule has 0 aliphatic heterocycles. The Balaban J connectivity index is 3.01. The molecule has 16 heavy (non-hydrogen) atoms. The molecule has 1 aromatic carbocycles. The SMILES string of the molecule is CCOC(=O)C(O)c1cc(F)c(Cl)c(F)c1. The first-order valence-electron chi connectivity index (χ1n) is 4.46. The number of aliphatic hydroxyl groups excluding tert-OH is 1. The van der Waals surface area contributed by atoms with Gasteiger partial charge in [0.1, 0.15) is 16.7 Å². The van der Waals surface area contributed by atoms with Gasteiger partial charge in [0.25, 0.3) is 0 Å². The molecule has 0 amide bonds. The zero-order valence-electron chi connectivity index (χ0n) is 8.34. The number of carbonyl (C=O) groups excluding carboxylic acids is 1. The highest BCUT2D eigenvalue weighted by atomic mass is 35.5. The lowest BCUT2D eigenvalue weighted by atomic mass is 10.1. The fraction of sp³-hybridized carbons (Fsp3) is 0.300. The molecule has 1 unspecified atom stereocenters. The number of benzene rings is 1. The van der Waals surface area contributed by atoms with Gasteiger partial charge in [-0.25, -0.2) is 13.6 Å². The molecule has 0 saturated carbocycles. The average Bonchev–Trinajstić information content (AvgIpc) is 2.24. The van der Waals surface area contributed by atoms with Crippen molar-refractivity contribution in [1.29, 1.82) is 0 Å². The van der Waals surface area contributed by atoms with Crippen molar-refractivity contribution in [3.05, 3.63) is 34.4 Å². The number of hydrogen-bond donors (Lipinski definition) is 1. The molecule has 3 nitrogen and oxygen atoms in total. The summed E-state index contributed by atoms with van der Waals surface area (Å²) < 4.78 is 30.5. The van der Waals surface area contributed by atoms with Crippen LogP contribution < -0.4 is 0 Å². The van der Waals surface area contributed by atoms with Gasteiger partial charge >= 0.3 is 5.97 Å². The minimum Gasteiger partial charge on any atom is -0.464 e. The largest absolute Gasteiger partial charge is 0.464 e. The van der Waals surface area contributed by atoms with Gasteiger partial charge in [0.15, 0.2) is 6.10 Å². The van der Waals surface area contributed by atoms with Gasteiger partial charge in [0.05, 0.1) is 6.61 Å². The lowest BCUT2D eigenvalue weighted by Crippen LogP contribution is -2.15. The second-order valence-corrected chi connectivity index (χ2v) is 3.33. The molecule has 6 heteroatoms. The summed E-state index contributed by atoms with van der Waals surface area (Å²) in [5, 5.41) is 8.73. The first kappa shape index (κ1) is 12.9. The van der Waals surface area contributed by atoms with Crippen molar-refractivity contribution in [3.63, 3.8) is 0 Å². The van der Waals surface area contributed by atoms with Gasteiger partial charge in [0.2, 0.25) is 0 Å². The van der Waals surface area contributed by atoms with Crippen LogP contribution in [0, 0.1) is 11.6 Å². The number of hydrogen-bond acceptors (Lipinski definition) is 3. The summed E-state index contributed by atoms with van der Waals surface area (Å²) in [4.78, 5) is 11.1. The Hall–Kier alpha value is -1.20. The zero-order chi connectivity index (χ0) is 12.3. The van der Waals surface area contributed by atoms with Gasteiger partial charge in [-0.1, -0.05) is 11.6 Å². The van der Waals surface area contributed by atoms with Gasteiger partial charge in [0, 0.05) is 0 Å². The minimum absolute atomic E-state index is 0.0639. The minimum atomic E-state index is -1.72. The smallest absolute Gasteiger partial charge is 0.339 e. The number of ether oxygens (including phenoxy) is 1. The Bertz CT molecular complexity index is 386. The molecule has 0 aliphatic carbocycles. The number of aliphatic hydroxyl groups is 1. The molecule has 1 atom stereocenters. The van der Waals surface area contributed by atoms with Gasteiger partial charge in [-0.15, -0.1) is 0 Å². The van der Waals surface area contributed by atoms with E-state index in [1.165, 1.54) is 0 Å². The summed E-state index contributed by atoms with van der Waals surface area (Å²) in [6, 6.07) is 1.57. The summed E-state index contributed by atoms with van der Waals surface area (Å²) in [6.07, 6.45) is -1.72. The third kappa shape index (κ3) is 2.68. The van der Waals surface area contributed by atoms with E-state index in [1.807, 2.05) is 0 Å². The van der Waals surface area contributed by atoms with E-state index in [9.17, 15) is 18.7 Å². The van der Waals surface area contributed by atoms with Gasteiger partial charge in [-0.3, -0.25) is 0 Å². The summed E-state index contributed by atoms with van der Waals surface area (Å²) in [6.45, 7) is 1.61. The van der Waals surface area contributed by atoms with Gasteiger partial charge < -0.3 is 9.84 Å². The molecule has 1 rings (SSSR count). The van der Waals surface area contributed by atoms with E-state index in [2.05, 4.69) is 4.74 Å². The van der Waals surface area contributed by atoms with Crippen LogP contribution in [0.25, 0.3) is 0 Å². The van der Waals surface area contributed by atoms with Crippen molar-refractivity contribution in [2.24, 2.45) is 0 Å². The lowest BCUT2D eigenvalue weighted by molar-refractivity contribution is -0.153. The highest BCUT2D eigenvalue weighted by Crippen LogP contribution is 2.24. The Kier molecular flexibility index (Phi) is 4.20. The van der Waals surface area contributed by atoms with Crippen molar-refractivity contribution in [2.75, 3.05) is 6.61 Å².